The highest BCUT2D eigenvalue weighted by Gasteiger charge is 2.31. The van der Waals surface area contributed by atoms with Gasteiger partial charge in [0.15, 0.2) is 9.84 Å². The zero-order valence-corrected chi connectivity index (χ0v) is 17.0. The topological polar surface area (TPSA) is 90.3 Å². The molecule has 1 atom stereocenters. The Hall–Kier alpha value is -2.06. The van der Waals surface area contributed by atoms with Crippen molar-refractivity contribution in [2.45, 2.75) is 32.7 Å². The van der Waals surface area contributed by atoms with E-state index in [1.165, 1.54) is 7.11 Å². The van der Waals surface area contributed by atoms with Gasteiger partial charge in [0, 0.05) is 16.3 Å². The van der Waals surface area contributed by atoms with Crippen LogP contribution in [0, 0.1) is 13.8 Å². The minimum atomic E-state index is -3.01. The predicted octanol–water partition coefficient (Wildman–Crippen LogP) is 2.70. The molecule has 1 unspecified atom stereocenters. The average molecular weight is 412 g/mol. The van der Waals surface area contributed by atoms with Crippen LogP contribution in [0.5, 0.6) is 5.75 Å². The van der Waals surface area contributed by atoms with Gasteiger partial charge in [-0.2, -0.15) is 5.10 Å². The molecule has 1 aromatic heterocycles. The number of carbonyl (C=O) groups excluding carboxylic acids is 1. The highest BCUT2D eigenvalue weighted by atomic mass is 35.5. The summed E-state index contributed by atoms with van der Waals surface area (Å²) in [6.07, 6.45) is 0.683. The molecule has 1 N–H and O–H groups in total. The number of nitrogens with zero attached hydrogens (tertiary/aromatic N) is 2. The van der Waals surface area contributed by atoms with Crippen molar-refractivity contribution in [1.29, 1.82) is 0 Å². The Morgan fingerprint density at radius 3 is 2.78 bits per heavy atom. The number of ether oxygens (including phenoxy) is 1. The van der Waals surface area contributed by atoms with Crippen LogP contribution < -0.4 is 10.1 Å². The van der Waals surface area contributed by atoms with Crippen molar-refractivity contribution in [2.75, 3.05) is 23.9 Å². The van der Waals surface area contributed by atoms with Crippen LogP contribution >= 0.6 is 11.6 Å². The summed E-state index contributed by atoms with van der Waals surface area (Å²) in [7, 11) is -1.49. The molecule has 0 saturated carbocycles. The van der Waals surface area contributed by atoms with E-state index < -0.39 is 9.84 Å². The van der Waals surface area contributed by atoms with Crippen LogP contribution in [0.15, 0.2) is 18.2 Å². The van der Waals surface area contributed by atoms with Crippen molar-refractivity contribution in [1.82, 2.24) is 9.78 Å². The van der Waals surface area contributed by atoms with Crippen molar-refractivity contribution in [3.05, 3.63) is 40.2 Å². The van der Waals surface area contributed by atoms with Gasteiger partial charge in [-0.1, -0.05) is 11.6 Å². The van der Waals surface area contributed by atoms with Gasteiger partial charge < -0.3 is 10.1 Å². The summed E-state index contributed by atoms with van der Waals surface area (Å²) in [6.45, 7) is 3.70. The number of aromatic nitrogens is 2. The highest BCUT2D eigenvalue weighted by molar-refractivity contribution is 7.91. The molecule has 2 heterocycles. The van der Waals surface area contributed by atoms with Gasteiger partial charge in [0.2, 0.25) is 5.91 Å². The van der Waals surface area contributed by atoms with Crippen molar-refractivity contribution in [3.63, 3.8) is 0 Å². The Kier molecular flexibility index (Phi) is 5.48. The van der Waals surface area contributed by atoms with Crippen molar-refractivity contribution < 1.29 is 17.9 Å². The predicted molar refractivity (Wildman–Crippen MR) is 104 cm³/mol. The van der Waals surface area contributed by atoms with Crippen LogP contribution in [0.25, 0.3) is 0 Å². The van der Waals surface area contributed by atoms with E-state index in [4.69, 9.17) is 16.3 Å². The third-order valence-electron chi connectivity index (χ3n) is 4.80. The van der Waals surface area contributed by atoms with E-state index in [0.717, 1.165) is 17.0 Å². The lowest BCUT2D eigenvalue weighted by Gasteiger charge is -2.12. The summed E-state index contributed by atoms with van der Waals surface area (Å²) in [4.78, 5) is 12.6. The number of halogens is 1. The van der Waals surface area contributed by atoms with Crippen LogP contribution in [-0.2, 0) is 21.1 Å². The standard InChI is InChI=1S/C18H22ClN3O4S/c1-11-15(12(2)22(21-11)14-6-7-27(24,25)10-14)9-18(23)20-16-8-13(19)4-5-17(16)26-3/h4-5,8,14H,6-7,9-10H2,1-3H3,(H,20,23). The molecule has 1 aliphatic rings. The number of amides is 1. The Balaban J connectivity index is 1.78. The summed E-state index contributed by atoms with van der Waals surface area (Å²) in [5.74, 6) is 0.578. The normalized spacial score (nSPS) is 18.4. The lowest BCUT2D eigenvalue weighted by atomic mass is 10.1. The van der Waals surface area contributed by atoms with Crippen molar-refractivity contribution in [2.24, 2.45) is 0 Å². The number of benzene rings is 1. The lowest BCUT2D eigenvalue weighted by Crippen LogP contribution is -2.17. The number of aryl methyl sites for hydroxylation is 1. The quantitative estimate of drug-likeness (QED) is 0.816. The molecule has 7 nitrogen and oxygen atoms in total. The Morgan fingerprint density at radius 2 is 2.15 bits per heavy atom. The van der Waals surface area contributed by atoms with Gasteiger partial charge in [0.05, 0.1) is 42.5 Å². The van der Waals surface area contributed by atoms with Gasteiger partial charge in [0.25, 0.3) is 0 Å². The summed E-state index contributed by atoms with van der Waals surface area (Å²) in [5, 5.41) is 7.80. The Labute approximate surface area is 163 Å². The smallest absolute Gasteiger partial charge is 0.229 e. The summed E-state index contributed by atoms with van der Waals surface area (Å²) >= 11 is 6.00. The number of anilines is 1. The van der Waals surface area contributed by atoms with Crippen molar-refractivity contribution >= 4 is 33.0 Å². The summed E-state index contributed by atoms with van der Waals surface area (Å²) in [5.41, 5.74) is 2.85. The number of nitrogens with one attached hydrogen (secondary N) is 1. The fourth-order valence-corrected chi connectivity index (χ4v) is 5.27. The van der Waals surface area contributed by atoms with E-state index in [2.05, 4.69) is 10.4 Å². The summed E-state index contributed by atoms with van der Waals surface area (Å²) in [6, 6.07) is 4.83. The molecule has 1 fully saturated rings. The molecule has 146 valence electrons. The molecule has 1 aromatic carbocycles. The fraction of sp³-hybridized carbons (Fsp3) is 0.444. The van der Waals surface area contributed by atoms with Crippen LogP contribution in [-0.4, -0.2) is 42.7 Å². The first-order valence-electron chi connectivity index (χ1n) is 8.58. The number of carbonyl (C=O) groups is 1. The van der Waals surface area contributed by atoms with Crippen LogP contribution in [0.3, 0.4) is 0 Å². The van der Waals surface area contributed by atoms with Gasteiger partial charge in [-0.25, -0.2) is 8.42 Å². The number of hydrogen-bond acceptors (Lipinski definition) is 5. The number of hydrogen-bond donors (Lipinski definition) is 1. The average Bonchev–Trinajstić information content (AvgIpc) is 3.08. The molecule has 1 aliphatic heterocycles. The first-order chi connectivity index (χ1) is 12.7. The number of sulfone groups is 1. The highest BCUT2D eigenvalue weighted by Crippen LogP contribution is 2.29. The maximum absolute atomic E-state index is 12.6. The zero-order valence-electron chi connectivity index (χ0n) is 15.5. The SMILES string of the molecule is COc1ccc(Cl)cc1NC(=O)Cc1c(C)nn(C2CCS(=O)(=O)C2)c1C. The van der Waals surface area contributed by atoms with Gasteiger partial charge in [0.1, 0.15) is 5.75 Å². The van der Waals surface area contributed by atoms with Gasteiger partial charge in [-0.3, -0.25) is 9.48 Å². The third-order valence-corrected chi connectivity index (χ3v) is 6.79. The molecule has 0 spiro atoms. The second-order valence-electron chi connectivity index (χ2n) is 6.72. The fourth-order valence-electron chi connectivity index (χ4n) is 3.41. The van der Waals surface area contributed by atoms with E-state index in [1.807, 2.05) is 13.8 Å². The van der Waals surface area contributed by atoms with Gasteiger partial charge in [-0.05, 0) is 38.5 Å². The number of rotatable bonds is 5. The van der Waals surface area contributed by atoms with E-state index in [1.54, 1.807) is 22.9 Å². The van der Waals surface area contributed by atoms with Crippen LogP contribution in [0.4, 0.5) is 5.69 Å². The molecule has 1 saturated heterocycles. The number of methoxy groups -OCH3 is 1. The van der Waals surface area contributed by atoms with E-state index in [0.29, 0.717) is 22.9 Å². The zero-order chi connectivity index (χ0) is 19.8. The monoisotopic (exact) mass is 411 g/mol. The molecular weight excluding hydrogens is 390 g/mol. The second-order valence-corrected chi connectivity index (χ2v) is 9.39. The molecule has 3 rings (SSSR count). The maximum atomic E-state index is 12.6. The van der Waals surface area contributed by atoms with E-state index >= 15 is 0 Å². The second kappa shape index (κ2) is 7.52. The Bertz CT molecular complexity index is 985. The van der Waals surface area contributed by atoms with E-state index in [-0.39, 0.29) is 29.9 Å². The molecule has 27 heavy (non-hydrogen) atoms. The molecule has 0 radical (unpaired) electrons. The molecule has 0 aliphatic carbocycles. The van der Waals surface area contributed by atoms with Crippen molar-refractivity contribution in [3.8, 4) is 5.75 Å². The van der Waals surface area contributed by atoms with E-state index in [9.17, 15) is 13.2 Å². The Morgan fingerprint density at radius 1 is 1.41 bits per heavy atom. The largest absolute Gasteiger partial charge is 0.495 e. The maximum Gasteiger partial charge on any atom is 0.229 e. The molecule has 2 aromatic rings. The molecular formula is C18H22ClN3O4S. The first kappa shape index (κ1) is 19.7. The van der Waals surface area contributed by atoms with Crippen LogP contribution in [0.1, 0.15) is 29.4 Å². The molecule has 1 amide bonds. The third kappa shape index (κ3) is 4.27. The molecule has 9 heteroatoms. The van der Waals surface area contributed by atoms with Gasteiger partial charge in [-0.15, -0.1) is 0 Å². The summed E-state index contributed by atoms with van der Waals surface area (Å²) < 4.78 is 30.5. The minimum absolute atomic E-state index is 0.0975. The lowest BCUT2D eigenvalue weighted by molar-refractivity contribution is -0.115. The van der Waals surface area contributed by atoms with Gasteiger partial charge >= 0.3 is 0 Å². The molecule has 0 bridgehead atoms. The minimum Gasteiger partial charge on any atom is -0.495 e. The first-order valence-corrected chi connectivity index (χ1v) is 10.8. The van der Waals surface area contributed by atoms with Crippen LogP contribution in [0.2, 0.25) is 5.02 Å².